The van der Waals surface area contributed by atoms with Crippen LogP contribution in [0.25, 0.3) is 11.8 Å². The van der Waals surface area contributed by atoms with E-state index >= 15 is 0 Å². The Balaban J connectivity index is 1.34. The summed E-state index contributed by atoms with van der Waals surface area (Å²) in [5, 5.41) is 0. The maximum Gasteiger partial charge on any atom is 0.271 e. The second-order valence-corrected chi connectivity index (χ2v) is 12.2. The summed E-state index contributed by atoms with van der Waals surface area (Å²) in [4.78, 5) is 20.1. The first kappa shape index (κ1) is 29.6. The lowest BCUT2D eigenvalue weighted by atomic mass is 9.83. The van der Waals surface area contributed by atoms with Crippen LogP contribution in [0.15, 0.2) is 106 Å². The third kappa shape index (κ3) is 5.49. The molecule has 7 rings (SSSR count). The molecule has 2 aliphatic rings. The van der Waals surface area contributed by atoms with Gasteiger partial charge in [-0.3, -0.25) is 9.36 Å². The minimum absolute atomic E-state index is 0.0868. The largest absolute Gasteiger partial charge is 0.493 e. The lowest BCUT2D eigenvalue weighted by molar-refractivity contribution is 0.269. The Bertz CT molecular complexity index is 2130. The van der Waals surface area contributed by atoms with Gasteiger partial charge in [-0.15, -0.1) is 0 Å². The number of nitrogens with zero attached hydrogens (tertiary/aromatic N) is 2. The molecule has 232 valence electrons. The first-order valence-electron chi connectivity index (χ1n) is 15.4. The summed E-state index contributed by atoms with van der Waals surface area (Å²) < 4.78 is 25.7. The summed E-state index contributed by atoms with van der Waals surface area (Å²) in [6, 6.07) is 29.8. The first-order valence-corrected chi connectivity index (χ1v) is 16.2. The van der Waals surface area contributed by atoms with E-state index in [1.165, 1.54) is 16.9 Å². The fourth-order valence-electron chi connectivity index (χ4n) is 6.23. The average molecular weight is 631 g/mol. The number of hydrogen-bond donors (Lipinski definition) is 0. The van der Waals surface area contributed by atoms with Crippen LogP contribution in [0.1, 0.15) is 47.2 Å². The molecule has 1 unspecified atom stereocenters. The van der Waals surface area contributed by atoms with E-state index in [9.17, 15) is 4.79 Å². The maximum atomic E-state index is 14.3. The normalized spacial score (nSPS) is 15.4. The zero-order valence-electron chi connectivity index (χ0n) is 26.0. The summed E-state index contributed by atoms with van der Waals surface area (Å²) in [5.74, 6) is 2.55. The van der Waals surface area contributed by atoms with Gasteiger partial charge >= 0.3 is 0 Å². The van der Waals surface area contributed by atoms with Gasteiger partial charge in [-0.1, -0.05) is 78.1 Å². The fourth-order valence-corrected chi connectivity index (χ4v) is 7.23. The van der Waals surface area contributed by atoms with Gasteiger partial charge in [0.15, 0.2) is 27.8 Å². The molecule has 0 amide bonds. The van der Waals surface area contributed by atoms with Crippen molar-refractivity contribution in [3.05, 3.63) is 144 Å². The van der Waals surface area contributed by atoms with Gasteiger partial charge in [-0.25, -0.2) is 4.99 Å². The monoisotopic (exact) mass is 630 g/mol. The highest BCUT2D eigenvalue weighted by Crippen LogP contribution is 2.43. The van der Waals surface area contributed by atoms with E-state index in [-0.39, 0.29) is 11.6 Å². The standard InChI is InChI=1S/C38H34N2O5S/c1-4-44-33-20-25(14-18-31(33)45-23-24-10-6-5-7-11-24)21-34-37(41)40-36(27-16-19-30(42-2)32(22-27)43-3)29-17-15-26-12-8-9-13-28(26)35(29)39-38(40)46-34/h5-14,16,18-22,36H,4,15,17,23H2,1-3H3/b34-21+. The smallest absolute Gasteiger partial charge is 0.271 e. The maximum absolute atomic E-state index is 14.3. The van der Waals surface area contributed by atoms with E-state index in [0.717, 1.165) is 46.4 Å². The van der Waals surface area contributed by atoms with Crippen LogP contribution in [-0.4, -0.2) is 25.4 Å². The van der Waals surface area contributed by atoms with Gasteiger partial charge in [0.05, 0.1) is 37.1 Å². The average Bonchev–Trinajstić information content (AvgIpc) is 3.40. The third-order valence-corrected chi connectivity index (χ3v) is 9.38. The molecule has 8 heteroatoms. The zero-order valence-corrected chi connectivity index (χ0v) is 26.8. The molecule has 1 aromatic heterocycles. The number of thiazole rings is 1. The number of aryl methyl sites for hydroxylation is 1. The van der Waals surface area contributed by atoms with Crippen LogP contribution in [0.2, 0.25) is 0 Å². The van der Waals surface area contributed by atoms with E-state index in [1.807, 2.05) is 90.4 Å². The molecule has 0 bridgehead atoms. The molecule has 0 radical (unpaired) electrons. The number of rotatable bonds is 9. The Morgan fingerprint density at radius 2 is 1.63 bits per heavy atom. The Labute approximate surface area is 271 Å². The quantitative estimate of drug-likeness (QED) is 0.191. The summed E-state index contributed by atoms with van der Waals surface area (Å²) >= 11 is 1.40. The van der Waals surface area contributed by atoms with Crippen molar-refractivity contribution < 1.29 is 18.9 Å². The van der Waals surface area contributed by atoms with E-state index in [2.05, 4.69) is 18.2 Å². The van der Waals surface area contributed by atoms with Crippen LogP contribution in [0.5, 0.6) is 23.0 Å². The Morgan fingerprint density at radius 3 is 2.43 bits per heavy atom. The highest BCUT2D eigenvalue weighted by atomic mass is 32.1. The van der Waals surface area contributed by atoms with Crippen molar-refractivity contribution in [2.45, 2.75) is 32.4 Å². The van der Waals surface area contributed by atoms with Gasteiger partial charge < -0.3 is 18.9 Å². The molecular weight excluding hydrogens is 596 g/mol. The molecule has 1 aliphatic carbocycles. The number of allylic oxidation sites excluding steroid dienone is 1. The first-order chi connectivity index (χ1) is 22.6. The summed E-state index contributed by atoms with van der Waals surface area (Å²) in [5.41, 5.74) is 7.26. The zero-order chi connectivity index (χ0) is 31.6. The summed E-state index contributed by atoms with van der Waals surface area (Å²) in [6.07, 6.45) is 3.61. The molecule has 0 spiro atoms. The molecule has 0 N–H and O–H groups in total. The van der Waals surface area contributed by atoms with Crippen molar-refractivity contribution in [2.24, 2.45) is 4.99 Å². The van der Waals surface area contributed by atoms with Gasteiger partial charge in [-0.2, -0.15) is 0 Å². The highest BCUT2D eigenvalue weighted by Gasteiger charge is 2.33. The number of ether oxygens (including phenoxy) is 4. The topological polar surface area (TPSA) is 71.3 Å². The molecule has 4 aromatic carbocycles. The predicted octanol–water partition coefficient (Wildman–Crippen LogP) is 6.31. The second kappa shape index (κ2) is 12.7. The molecule has 0 saturated heterocycles. The molecule has 0 fully saturated rings. The van der Waals surface area contributed by atoms with Crippen LogP contribution in [0.3, 0.4) is 0 Å². The second-order valence-electron chi connectivity index (χ2n) is 11.1. The lowest BCUT2D eigenvalue weighted by Gasteiger charge is -2.31. The summed E-state index contributed by atoms with van der Waals surface area (Å²) in [7, 11) is 3.25. The Kier molecular flexibility index (Phi) is 8.20. The van der Waals surface area contributed by atoms with E-state index in [4.69, 9.17) is 23.9 Å². The van der Waals surface area contributed by atoms with Crippen LogP contribution in [0, 0.1) is 0 Å². The fraction of sp³-hybridized carbons (Fsp3) is 0.211. The minimum Gasteiger partial charge on any atom is -0.493 e. The summed E-state index contributed by atoms with van der Waals surface area (Å²) in [6.45, 7) is 2.87. The van der Waals surface area contributed by atoms with Crippen molar-refractivity contribution in [1.82, 2.24) is 4.57 Å². The molecule has 46 heavy (non-hydrogen) atoms. The van der Waals surface area contributed by atoms with Crippen LogP contribution in [0.4, 0.5) is 0 Å². The van der Waals surface area contributed by atoms with Crippen LogP contribution < -0.4 is 33.8 Å². The Hall–Kier alpha value is -5.08. The minimum atomic E-state index is -0.325. The van der Waals surface area contributed by atoms with Crippen LogP contribution in [-0.2, 0) is 13.0 Å². The van der Waals surface area contributed by atoms with Gasteiger partial charge in [0.1, 0.15) is 6.61 Å². The number of methoxy groups -OCH3 is 2. The van der Waals surface area contributed by atoms with Crippen molar-refractivity contribution >= 4 is 23.1 Å². The lowest BCUT2D eigenvalue weighted by Crippen LogP contribution is -2.38. The SMILES string of the molecule is CCOc1cc(/C=c2/sc3n(c2=O)C(c2ccc(OC)c(OC)c2)C2=C(N=3)c3ccccc3CC2)ccc1OCc1ccccc1. The molecule has 1 aliphatic heterocycles. The van der Waals surface area contributed by atoms with E-state index in [1.54, 1.807) is 14.2 Å². The molecule has 7 nitrogen and oxygen atoms in total. The van der Waals surface area contributed by atoms with Crippen molar-refractivity contribution in [3.63, 3.8) is 0 Å². The number of fused-ring (bicyclic) bond motifs is 3. The predicted molar refractivity (Wildman–Crippen MR) is 181 cm³/mol. The molecular formula is C38H34N2O5S. The number of benzene rings is 4. The molecule has 5 aromatic rings. The van der Waals surface area contributed by atoms with Gasteiger partial charge in [-0.05, 0) is 77.9 Å². The van der Waals surface area contributed by atoms with Crippen molar-refractivity contribution in [3.8, 4) is 23.0 Å². The molecule has 2 heterocycles. The molecule has 0 saturated carbocycles. The number of hydrogen-bond acceptors (Lipinski definition) is 7. The number of aromatic nitrogens is 1. The Morgan fingerprint density at radius 1 is 0.848 bits per heavy atom. The van der Waals surface area contributed by atoms with E-state index in [0.29, 0.717) is 45.5 Å². The molecule has 1 atom stereocenters. The van der Waals surface area contributed by atoms with Crippen LogP contribution >= 0.6 is 11.3 Å². The van der Waals surface area contributed by atoms with Crippen molar-refractivity contribution in [2.75, 3.05) is 20.8 Å². The third-order valence-electron chi connectivity index (χ3n) is 8.40. The van der Waals surface area contributed by atoms with Gasteiger partial charge in [0.2, 0.25) is 0 Å². The van der Waals surface area contributed by atoms with Gasteiger partial charge in [0.25, 0.3) is 5.56 Å². The van der Waals surface area contributed by atoms with Gasteiger partial charge in [0, 0.05) is 5.56 Å². The van der Waals surface area contributed by atoms with E-state index < -0.39 is 0 Å². The highest BCUT2D eigenvalue weighted by molar-refractivity contribution is 7.07. The van der Waals surface area contributed by atoms with Crippen molar-refractivity contribution in [1.29, 1.82) is 0 Å².